The van der Waals surface area contributed by atoms with Crippen molar-refractivity contribution in [1.82, 2.24) is 10.2 Å². The lowest BCUT2D eigenvalue weighted by atomic mass is 9.82. The summed E-state index contributed by atoms with van der Waals surface area (Å²) in [6.07, 6.45) is 4.66. The molecule has 2 fully saturated rings. The monoisotopic (exact) mass is 282 g/mol. The summed E-state index contributed by atoms with van der Waals surface area (Å²) < 4.78 is 0. The topological polar surface area (TPSA) is 69.6 Å². The van der Waals surface area contributed by atoms with Gasteiger partial charge in [-0.15, -0.1) is 0 Å². The fourth-order valence-electron chi connectivity index (χ4n) is 3.40. The van der Waals surface area contributed by atoms with Gasteiger partial charge in [0.25, 0.3) is 0 Å². The maximum absolute atomic E-state index is 12.5. The Morgan fingerprint density at radius 1 is 1.40 bits per heavy atom. The molecule has 2 aliphatic rings. The second-order valence-electron chi connectivity index (χ2n) is 6.53. The van der Waals surface area contributed by atoms with Gasteiger partial charge < -0.3 is 15.3 Å². The Kier molecular flexibility index (Phi) is 4.68. The highest BCUT2D eigenvalue weighted by Gasteiger charge is 2.39. The van der Waals surface area contributed by atoms with Crippen LogP contribution in [0.15, 0.2) is 0 Å². The van der Waals surface area contributed by atoms with Crippen LogP contribution in [0, 0.1) is 5.92 Å². The normalized spacial score (nSPS) is 26.5. The molecule has 1 aliphatic heterocycles. The number of amides is 2. The van der Waals surface area contributed by atoms with Crippen LogP contribution in [-0.4, -0.2) is 46.6 Å². The van der Waals surface area contributed by atoms with E-state index in [1.165, 1.54) is 0 Å². The molecule has 5 nitrogen and oxygen atoms in total. The summed E-state index contributed by atoms with van der Waals surface area (Å²) in [7, 11) is 0. The van der Waals surface area contributed by atoms with Gasteiger partial charge in [0.05, 0.1) is 12.0 Å². The number of rotatable bonds is 3. The number of nitrogens with zero attached hydrogens (tertiary/aromatic N) is 1. The highest BCUT2D eigenvalue weighted by atomic mass is 16.3. The molecule has 114 valence electrons. The summed E-state index contributed by atoms with van der Waals surface area (Å²) in [6, 6.07) is -0.400. The van der Waals surface area contributed by atoms with Crippen LogP contribution in [0.3, 0.4) is 0 Å². The van der Waals surface area contributed by atoms with Gasteiger partial charge in [0, 0.05) is 13.1 Å². The Bertz CT molecular complexity index is 375. The summed E-state index contributed by atoms with van der Waals surface area (Å²) in [5.74, 6) is -0.0709. The van der Waals surface area contributed by atoms with Crippen LogP contribution in [0.4, 0.5) is 0 Å². The smallest absolute Gasteiger partial charge is 0.243 e. The van der Waals surface area contributed by atoms with E-state index in [1.54, 1.807) is 4.90 Å². The maximum Gasteiger partial charge on any atom is 0.243 e. The molecule has 1 atom stereocenters. The van der Waals surface area contributed by atoms with Gasteiger partial charge in [0.15, 0.2) is 0 Å². The van der Waals surface area contributed by atoms with Crippen LogP contribution in [0.5, 0.6) is 0 Å². The SMILES string of the molecule is CC(C)C1C(=O)NCCN1C(=O)CC1(O)CCCCC1. The fraction of sp³-hybridized carbons (Fsp3) is 0.867. The highest BCUT2D eigenvalue weighted by molar-refractivity contribution is 5.89. The first kappa shape index (κ1) is 15.3. The third-order valence-corrected chi connectivity index (χ3v) is 4.47. The molecule has 0 aromatic carbocycles. The van der Waals surface area contributed by atoms with Crippen LogP contribution < -0.4 is 5.32 Å². The lowest BCUT2D eigenvalue weighted by Gasteiger charge is -2.40. The van der Waals surface area contributed by atoms with Crippen molar-refractivity contribution in [3.8, 4) is 0 Å². The molecule has 0 bridgehead atoms. The first-order valence-corrected chi connectivity index (χ1v) is 7.72. The third kappa shape index (κ3) is 3.32. The van der Waals surface area contributed by atoms with Crippen LogP contribution >= 0.6 is 0 Å². The lowest BCUT2D eigenvalue weighted by molar-refractivity contribution is -0.149. The van der Waals surface area contributed by atoms with E-state index in [0.717, 1.165) is 19.3 Å². The van der Waals surface area contributed by atoms with E-state index in [-0.39, 0.29) is 24.2 Å². The first-order valence-electron chi connectivity index (χ1n) is 7.72. The van der Waals surface area contributed by atoms with Gasteiger partial charge in [0.1, 0.15) is 6.04 Å². The van der Waals surface area contributed by atoms with Crippen LogP contribution in [0.25, 0.3) is 0 Å². The molecule has 0 aromatic heterocycles. The largest absolute Gasteiger partial charge is 0.389 e. The zero-order chi connectivity index (χ0) is 14.8. The first-order chi connectivity index (χ1) is 9.43. The van der Waals surface area contributed by atoms with Crippen molar-refractivity contribution in [2.45, 2.75) is 64.0 Å². The van der Waals surface area contributed by atoms with E-state index < -0.39 is 11.6 Å². The highest BCUT2D eigenvalue weighted by Crippen LogP contribution is 2.32. The molecule has 20 heavy (non-hydrogen) atoms. The Balaban J connectivity index is 2.04. The predicted molar refractivity (Wildman–Crippen MR) is 76.0 cm³/mol. The van der Waals surface area contributed by atoms with E-state index in [4.69, 9.17) is 0 Å². The average Bonchev–Trinajstić information content (AvgIpc) is 2.38. The Labute approximate surface area is 120 Å². The summed E-state index contributed by atoms with van der Waals surface area (Å²) in [4.78, 5) is 26.1. The molecule has 0 radical (unpaired) electrons. The number of aliphatic hydroxyl groups is 1. The number of piperazine rings is 1. The van der Waals surface area contributed by atoms with Gasteiger partial charge in [-0.1, -0.05) is 33.1 Å². The number of carbonyl (C=O) groups is 2. The van der Waals surface area contributed by atoms with Crippen molar-refractivity contribution >= 4 is 11.8 Å². The second-order valence-corrected chi connectivity index (χ2v) is 6.53. The third-order valence-electron chi connectivity index (χ3n) is 4.47. The molecular weight excluding hydrogens is 256 g/mol. The number of hydrogen-bond acceptors (Lipinski definition) is 3. The van der Waals surface area contributed by atoms with Crippen molar-refractivity contribution in [2.75, 3.05) is 13.1 Å². The Hall–Kier alpha value is -1.10. The van der Waals surface area contributed by atoms with Gasteiger partial charge in [-0.05, 0) is 18.8 Å². The molecule has 2 amide bonds. The van der Waals surface area contributed by atoms with Crippen LogP contribution in [0.1, 0.15) is 52.4 Å². The van der Waals surface area contributed by atoms with Gasteiger partial charge in [-0.3, -0.25) is 9.59 Å². The molecule has 1 aliphatic carbocycles. The lowest BCUT2D eigenvalue weighted by Crippen LogP contribution is -2.60. The van der Waals surface area contributed by atoms with E-state index in [2.05, 4.69) is 5.32 Å². The molecule has 2 N–H and O–H groups in total. The Morgan fingerprint density at radius 3 is 2.65 bits per heavy atom. The molecule has 1 heterocycles. The quantitative estimate of drug-likeness (QED) is 0.813. The molecule has 0 spiro atoms. The molecule has 1 saturated carbocycles. The minimum atomic E-state index is -0.856. The average molecular weight is 282 g/mol. The molecule has 0 aromatic rings. The van der Waals surface area contributed by atoms with E-state index in [0.29, 0.717) is 25.9 Å². The molecule has 1 unspecified atom stereocenters. The number of nitrogens with one attached hydrogen (secondary N) is 1. The van der Waals surface area contributed by atoms with Crippen molar-refractivity contribution in [3.05, 3.63) is 0 Å². The standard InChI is InChI=1S/C15H26N2O3/c1-11(2)13-14(19)16-8-9-17(13)12(18)10-15(20)6-4-3-5-7-15/h11,13,20H,3-10H2,1-2H3,(H,16,19). The van der Waals surface area contributed by atoms with Crippen molar-refractivity contribution < 1.29 is 14.7 Å². The van der Waals surface area contributed by atoms with Crippen LogP contribution in [0.2, 0.25) is 0 Å². The van der Waals surface area contributed by atoms with Gasteiger partial charge in [-0.25, -0.2) is 0 Å². The summed E-state index contributed by atoms with van der Waals surface area (Å²) in [5.41, 5.74) is -0.856. The zero-order valence-electron chi connectivity index (χ0n) is 12.5. The van der Waals surface area contributed by atoms with E-state index in [9.17, 15) is 14.7 Å². The van der Waals surface area contributed by atoms with Gasteiger partial charge in [-0.2, -0.15) is 0 Å². The predicted octanol–water partition coefficient (Wildman–Crippen LogP) is 1.05. The van der Waals surface area contributed by atoms with Crippen molar-refractivity contribution in [3.63, 3.8) is 0 Å². The molecule has 5 heteroatoms. The molecule has 2 rings (SSSR count). The summed E-state index contributed by atoms with van der Waals surface area (Å²) in [6.45, 7) is 4.95. The minimum Gasteiger partial charge on any atom is -0.389 e. The van der Waals surface area contributed by atoms with E-state index >= 15 is 0 Å². The van der Waals surface area contributed by atoms with Gasteiger partial charge >= 0.3 is 0 Å². The second kappa shape index (κ2) is 6.12. The zero-order valence-corrected chi connectivity index (χ0v) is 12.5. The van der Waals surface area contributed by atoms with Crippen molar-refractivity contribution in [2.24, 2.45) is 5.92 Å². The molecular formula is C15H26N2O3. The van der Waals surface area contributed by atoms with Crippen molar-refractivity contribution in [1.29, 1.82) is 0 Å². The molecule has 1 saturated heterocycles. The minimum absolute atomic E-state index is 0.0739. The number of carbonyl (C=O) groups excluding carboxylic acids is 2. The maximum atomic E-state index is 12.5. The fourth-order valence-corrected chi connectivity index (χ4v) is 3.40. The summed E-state index contributed by atoms with van der Waals surface area (Å²) in [5, 5.41) is 13.3. The van der Waals surface area contributed by atoms with Gasteiger partial charge in [0.2, 0.25) is 11.8 Å². The van der Waals surface area contributed by atoms with E-state index in [1.807, 2.05) is 13.8 Å². The van der Waals surface area contributed by atoms with Crippen LogP contribution in [-0.2, 0) is 9.59 Å². The Morgan fingerprint density at radius 2 is 2.05 bits per heavy atom. The number of hydrogen-bond donors (Lipinski definition) is 2. The summed E-state index contributed by atoms with van der Waals surface area (Å²) >= 11 is 0.